The van der Waals surface area contributed by atoms with E-state index in [1.54, 1.807) is 12.1 Å². The van der Waals surface area contributed by atoms with Crippen LogP contribution in [0.1, 0.15) is 40.6 Å². The highest BCUT2D eigenvalue weighted by molar-refractivity contribution is 5.96. The van der Waals surface area contributed by atoms with Gasteiger partial charge in [0.2, 0.25) is 0 Å². The van der Waals surface area contributed by atoms with Gasteiger partial charge >= 0.3 is 0 Å². The fourth-order valence-electron chi connectivity index (χ4n) is 3.94. The molecule has 7 heteroatoms. The van der Waals surface area contributed by atoms with E-state index in [1.165, 1.54) is 0 Å². The number of phenols is 1. The van der Waals surface area contributed by atoms with Gasteiger partial charge in [0, 0.05) is 56.0 Å². The summed E-state index contributed by atoms with van der Waals surface area (Å²) in [6.45, 7) is 4.03. The minimum atomic E-state index is -0.0693. The summed E-state index contributed by atoms with van der Waals surface area (Å²) in [6, 6.07) is 7.39. The van der Waals surface area contributed by atoms with Crippen LogP contribution in [0.25, 0.3) is 0 Å². The van der Waals surface area contributed by atoms with Gasteiger partial charge in [-0.25, -0.2) is 9.97 Å². The highest BCUT2D eigenvalue weighted by Gasteiger charge is 2.33. The molecule has 2 aromatic rings. The molecular weight excluding hydrogens is 342 g/mol. The van der Waals surface area contributed by atoms with Crippen molar-refractivity contribution in [1.29, 1.82) is 0 Å². The summed E-state index contributed by atoms with van der Waals surface area (Å²) in [5.74, 6) is 2.42. The van der Waals surface area contributed by atoms with Crippen LogP contribution < -0.4 is 15.1 Å². The zero-order valence-electron chi connectivity index (χ0n) is 15.2. The van der Waals surface area contributed by atoms with E-state index in [2.05, 4.69) is 20.1 Å². The van der Waals surface area contributed by atoms with Crippen LogP contribution in [0.5, 0.6) is 5.75 Å². The molecule has 5 rings (SSSR count). The summed E-state index contributed by atoms with van der Waals surface area (Å²) in [6.07, 6.45) is 3.02. The Morgan fingerprint density at radius 1 is 1.07 bits per heavy atom. The number of benzene rings is 1. The number of hydrogen-bond donors (Lipinski definition) is 2. The third kappa shape index (κ3) is 3.07. The average molecular weight is 365 g/mol. The summed E-state index contributed by atoms with van der Waals surface area (Å²) in [4.78, 5) is 26.4. The van der Waals surface area contributed by atoms with Crippen molar-refractivity contribution in [3.05, 3.63) is 41.3 Å². The summed E-state index contributed by atoms with van der Waals surface area (Å²) in [5.41, 5.74) is 2.61. The van der Waals surface area contributed by atoms with E-state index in [0.717, 1.165) is 68.3 Å². The Kier molecular flexibility index (Phi) is 3.88. The number of rotatable bonds is 3. The first-order chi connectivity index (χ1) is 13.2. The molecule has 3 aliphatic rings. The van der Waals surface area contributed by atoms with E-state index in [4.69, 9.17) is 4.98 Å². The number of carbonyl (C=O) groups is 1. The first-order valence-corrected chi connectivity index (χ1v) is 9.67. The predicted octanol–water partition coefficient (Wildman–Crippen LogP) is 1.67. The molecule has 7 nitrogen and oxygen atoms in total. The minimum Gasteiger partial charge on any atom is -0.508 e. The second kappa shape index (κ2) is 6.40. The first-order valence-electron chi connectivity index (χ1n) is 9.67. The molecule has 1 saturated heterocycles. The number of aromatic hydroxyl groups is 1. The third-order valence-electron chi connectivity index (χ3n) is 5.59. The maximum Gasteiger partial charge on any atom is 0.270 e. The molecule has 2 aliphatic heterocycles. The van der Waals surface area contributed by atoms with E-state index >= 15 is 0 Å². The highest BCUT2D eigenvalue weighted by Crippen LogP contribution is 2.40. The predicted molar refractivity (Wildman–Crippen MR) is 103 cm³/mol. The Balaban J connectivity index is 1.41. The Morgan fingerprint density at radius 2 is 1.85 bits per heavy atom. The lowest BCUT2D eigenvalue weighted by atomic mass is 10.0. The van der Waals surface area contributed by atoms with Crippen molar-refractivity contribution in [3.63, 3.8) is 0 Å². The van der Waals surface area contributed by atoms with Crippen molar-refractivity contribution in [3.8, 4) is 5.75 Å². The quantitative estimate of drug-likeness (QED) is 0.861. The molecule has 140 valence electrons. The van der Waals surface area contributed by atoms with Crippen molar-refractivity contribution in [2.45, 2.75) is 25.2 Å². The molecule has 1 aromatic carbocycles. The molecule has 27 heavy (non-hydrogen) atoms. The molecule has 0 spiro atoms. The van der Waals surface area contributed by atoms with Crippen LogP contribution in [0.15, 0.2) is 24.3 Å². The van der Waals surface area contributed by atoms with Gasteiger partial charge in [0.15, 0.2) is 0 Å². The standard InChI is InChI=1S/C20H23N5O2/c26-15-3-1-2-14(12-15)24-8-10-25(11-9-24)19-16-6-7-21-20(27)17(16)22-18(23-19)13-4-5-13/h1-3,12-13,26H,4-11H2,(H,21,27). The molecule has 1 aromatic heterocycles. The van der Waals surface area contributed by atoms with Crippen LogP contribution in [-0.2, 0) is 6.42 Å². The molecule has 0 radical (unpaired) electrons. The number of phenolic OH excluding ortho intramolecular Hbond substituents is 1. The SMILES string of the molecule is O=C1NCCc2c1nc(C1CC1)nc2N1CCN(c2cccc(O)c2)CC1. The first kappa shape index (κ1) is 16.4. The van der Waals surface area contributed by atoms with E-state index < -0.39 is 0 Å². The normalized spacial score (nSPS) is 19.6. The molecule has 0 atom stereocenters. The van der Waals surface area contributed by atoms with Crippen LogP contribution in [0.3, 0.4) is 0 Å². The molecule has 1 saturated carbocycles. The smallest absolute Gasteiger partial charge is 0.270 e. The molecule has 2 fully saturated rings. The summed E-state index contributed by atoms with van der Waals surface area (Å²) >= 11 is 0. The third-order valence-corrected chi connectivity index (χ3v) is 5.59. The van der Waals surface area contributed by atoms with Crippen LogP contribution in [0.2, 0.25) is 0 Å². The number of nitrogens with zero attached hydrogens (tertiary/aromatic N) is 4. The van der Waals surface area contributed by atoms with E-state index in [9.17, 15) is 9.90 Å². The highest BCUT2D eigenvalue weighted by atomic mass is 16.3. The maximum absolute atomic E-state index is 12.3. The zero-order chi connectivity index (χ0) is 18.4. The molecule has 0 bridgehead atoms. The fourth-order valence-corrected chi connectivity index (χ4v) is 3.94. The van der Waals surface area contributed by atoms with Crippen LogP contribution >= 0.6 is 0 Å². The topological polar surface area (TPSA) is 81.6 Å². The number of hydrogen-bond acceptors (Lipinski definition) is 6. The number of anilines is 2. The van der Waals surface area contributed by atoms with Crippen molar-refractivity contribution < 1.29 is 9.90 Å². The molecular formula is C20H23N5O2. The maximum atomic E-state index is 12.3. The molecule has 3 heterocycles. The minimum absolute atomic E-state index is 0.0693. The lowest BCUT2D eigenvalue weighted by molar-refractivity contribution is 0.0940. The van der Waals surface area contributed by atoms with Gasteiger partial charge in [-0.05, 0) is 31.4 Å². The van der Waals surface area contributed by atoms with E-state index in [-0.39, 0.29) is 5.91 Å². The van der Waals surface area contributed by atoms with Crippen molar-refractivity contribution >= 4 is 17.4 Å². The largest absolute Gasteiger partial charge is 0.508 e. The van der Waals surface area contributed by atoms with Crippen LogP contribution in [-0.4, -0.2) is 53.7 Å². The summed E-state index contributed by atoms with van der Waals surface area (Å²) in [7, 11) is 0. The molecule has 0 unspecified atom stereocenters. The molecule has 2 N–H and O–H groups in total. The van der Waals surface area contributed by atoms with Gasteiger partial charge in [-0.1, -0.05) is 6.07 Å². The number of aromatic nitrogens is 2. The van der Waals surface area contributed by atoms with Gasteiger partial charge < -0.3 is 20.2 Å². The van der Waals surface area contributed by atoms with Gasteiger partial charge in [0.25, 0.3) is 5.91 Å². The van der Waals surface area contributed by atoms with E-state index in [1.807, 2.05) is 12.1 Å². The summed E-state index contributed by atoms with van der Waals surface area (Å²) in [5, 5.41) is 12.6. The van der Waals surface area contributed by atoms with Crippen molar-refractivity contribution in [1.82, 2.24) is 15.3 Å². The Bertz CT molecular complexity index is 888. The van der Waals surface area contributed by atoms with Gasteiger partial charge in [0.1, 0.15) is 23.1 Å². The van der Waals surface area contributed by atoms with Crippen LogP contribution in [0.4, 0.5) is 11.5 Å². The Labute approximate surface area is 158 Å². The van der Waals surface area contributed by atoms with E-state index in [0.29, 0.717) is 23.9 Å². The van der Waals surface area contributed by atoms with Gasteiger partial charge in [-0.2, -0.15) is 0 Å². The number of carbonyl (C=O) groups excluding carboxylic acids is 1. The molecule has 1 aliphatic carbocycles. The van der Waals surface area contributed by atoms with Crippen molar-refractivity contribution in [2.75, 3.05) is 42.5 Å². The van der Waals surface area contributed by atoms with Crippen molar-refractivity contribution in [2.24, 2.45) is 0 Å². The fraction of sp³-hybridized carbons (Fsp3) is 0.450. The summed E-state index contributed by atoms with van der Waals surface area (Å²) < 4.78 is 0. The number of nitrogens with one attached hydrogen (secondary N) is 1. The second-order valence-corrected chi connectivity index (χ2v) is 7.51. The monoisotopic (exact) mass is 365 g/mol. The Morgan fingerprint density at radius 3 is 2.59 bits per heavy atom. The number of piperazine rings is 1. The van der Waals surface area contributed by atoms with Crippen LogP contribution in [0, 0.1) is 0 Å². The Hall–Kier alpha value is -2.83. The lowest BCUT2D eigenvalue weighted by Gasteiger charge is -2.38. The molecule has 1 amide bonds. The second-order valence-electron chi connectivity index (χ2n) is 7.51. The average Bonchev–Trinajstić information content (AvgIpc) is 3.53. The number of amides is 1. The van der Waals surface area contributed by atoms with Gasteiger partial charge in [-0.3, -0.25) is 4.79 Å². The van der Waals surface area contributed by atoms with Gasteiger partial charge in [0.05, 0.1) is 0 Å². The lowest BCUT2D eigenvalue weighted by Crippen LogP contribution is -2.48. The zero-order valence-corrected chi connectivity index (χ0v) is 15.2. The van der Waals surface area contributed by atoms with Gasteiger partial charge in [-0.15, -0.1) is 0 Å². The number of fused-ring (bicyclic) bond motifs is 1.